The Morgan fingerprint density at radius 1 is 1.07 bits per heavy atom. The summed E-state index contributed by atoms with van der Waals surface area (Å²) < 4.78 is 10.5. The van der Waals surface area contributed by atoms with Crippen molar-refractivity contribution < 1.29 is 14.3 Å². The van der Waals surface area contributed by atoms with Crippen molar-refractivity contribution in [3.8, 4) is 17.6 Å². The molecule has 146 valence electrons. The Morgan fingerprint density at radius 2 is 1.90 bits per heavy atom. The van der Waals surface area contributed by atoms with E-state index in [9.17, 15) is 4.79 Å². The number of nitrogens with zero attached hydrogens (tertiary/aromatic N) is 2. The predicted octanol–water partition coefficient (Wildman–Crippen LogP) is 3.64. The fourth-order valence-electron chi connectivity index (χ4n) is 2.69. The zero-order valence-corrected chi connectivity index (χ0v) is 16.1. The fraction of sp³-hybridized carbons (Fsp3) is 0.136. The molecule has 29 heavy (non-hydrogen) atoms. The number of nitriles is 1. The summed E-state index contributed by atoms with van der Waals surface area (Å²) in [6, 6.07) is 18.1. The number of ether oxygens (including phenoxy) is 2. The van der Waals surface area contributed by atoms with Crippen molar-refractivity contribution in [1.82, 2.24) is 10.3 Å². The van der Waals surface area contributed by atoms with Crippen LogP contribution in [0.15, 0.2) is 60.8 Å². The van der Waals surface area contributed by atoms with Gasteiger partial charge in [0.15, 0.2) is 11.5 Å². The Balaban J connectivity index is 1.61. The van der Waals surface area contributed by atoms with E-state index in [0.717, 1.165) is 11.3 Å². The summed E-state index contributed by atoms with van der Waals surface area (Å²) in [5.41, 5.74) is 2.64. The molecule has 1 amide bonds. The maximum Gasteiger partial charge on any atom is 0.253 e. The maximum absolute atomic E-state index is 12.4. The van der Waals surface area contributed by atoms with Crippen LogP contribution in [0.5, 0.6) is 11.5 Å². The molecule has 1 aromatic heterocycles. The van der Waals surface area contributed by atoms with Crippen molar-refractivity contribution in [2.45, 2.75) is 6.54 Å². The lowest BCUT2D eigenvalue weighted by molar-refractivity contribution is 0.0950. The topological polar surface area (TPSA) is 96.3 Å². The third-order valence-corrected chi connectivity index (χ3v) is 4.19. The molecule has 0 saturated heterocycles. The highest BCUT2D eigenvalue weighted by atomic mass is 16.5. The lowest BCUT2D eigenvalue weighted by atomic mass is 10.2. The van der Waals surface area contributed by atoms with Crippen LogP contribution in [0.3, 0.4) is 0 Å². The van der Waals surface area contributed by atoms with Crippen molar-refractivity contribution in [2.24, 2.45) is 0 Å². The van der Waals surface area contributed by atoms with Gasteiger partial charge < -0.3 is 20.1 Å². The minimum absolute atomic E-state index is 0.231. The average Bonchev–Trinajstić information content (AvgIpc) is 2.77. The molecule has 3 aromatic rings. The first kappa shape index (κ1) is 19.7. The monoisotopic (exact) mass is 388 g/mol. The van der Waals surface area contributed by atoms with Crippen LogP contribution < -0.4 is 20.1 Å². The number of carbonyl (C=O) groups is 1. The summed E-state index contributed by atoms with van der Waals surface area (Å²) in [7, 11) is 3.14. The van der Waals surface area contributed by atoms with E-state index < -0.39 is 0 Å². The molecule has 0 atom stereocenters. The van der Waals surface area contributed by atoms with Crippen LogP contribution in [-0.2, 0) is 6.54 Å². The van der Waals surface area contributed by atoms with Crippen LogP contribution >= 0.6 is 0 Å². The first-order valence-electron chi connectivity index (χ1n) is 8.85. The SMILES string of the molecule is COc1ccc(CNC(=O)c2ccc(Nc3cccc(C#N)c3)nc2)cc1OC. The number of aromatic nitrogens is 1. The van der Waals surface area contributed by atoms with Gasteiger partial charge in [0.1, 0.15) is 5.82 Å². The number of nitrogens with one attached hydrogen (secondary N) is 2. The van der Waals surface area contributed by atoms with Crippen LogP contribution in [0.1, 0.15) is 21.5 Å². The van der Waals surface area contributed by atoms with E-state index in [1.807, 2.05) is 18.2 Å². The summed E-state index contributed by atoms with van der Waals surface area (Å²) in [5, 5.41) is 14.9. The van der Waals surface area contributed by atoms with E-state index in [0.29, 0.717) is 35.0 Å². The van der Waals surface area contributed by atoms with E-state index >= 15 is 0 Å². The van der Waals surface area contributed by atoms with Crippen molar-refractivity contribution in [3.63, 3.8) is 0 Å². The van der Waals surface area contributed by atoms with Crippen LogP contribution in [0.4, 0.5) is 11.5 Å². The molecule has 2 N–H and O–H groups in total. The van der Waals surface area contributed by atoms with E-state index in [4.69, 9.17) is 14.7 Å². The van der Waals surface area contributed by atoms with Gasteiger partial charge in [-0.3, -0.25) is 4.79 Å². The molecule has 2 aromatic carbocycles. The van der Waals surface area contributed by atoms with Gasteiger partial charge in [-0.05, 0) is 48.0 Å². The Hall–Kier alpha value is -4.05. The van der Waals surface area contributed by atoms with E-state index in [-0.39, 0.29) is 5.91 Å². The third-order valence-electron chi connectivity index (χ3n) is 4.19. The van der Waals surface area contributed by atoms with Gasteiger partial charge >= 0.3 is 0 Å². The molecule has 0 radical (unpaired) electrons. The quantitative estimate of drug-likeness (QED) is 0.641. The first-order valence-corrected chi connectivity index (χ1v) is 8.85. The van der Waals surface area contributed by atoms with Crippen LogP contribution in [-0.4, -0.2) is 25.1 Å². The molecule has 0 saturated carbocycles. The second-order valence-electron chi connectivity index (χ2n) is 6.12. The number of hydrogen-bond donors (Lipinski definition) is 2. The number of amides is 1. The molecule has 1 heterocycles. The van der Waals surface area contributed by atoms with Crippen LogP contribution in [0.25, 0.3) is 0 Å². The number of carbonyl (C=O) groups excluding carboxylic acids is 1. The normalized spacial score (nSPS) is 9.97. The summed E-state index contributed by atoms with van der Waals surface area (Å²) in [5.74, 6) is 1.59. The molecule has 7 heteroatoms. The molecule has 0 fully saturated rings. The Kier molecular flexibility index (Phi) is 6.28. The summed E-state index contributed by atoms with van der Waals surface area (Å²) in [6.45, 7) is 0.347. The van der Waals surface area contributed by atoms with Crippen molar-refractivity contribution in [1.29, 1.82) is 5.26 Å². The Morgan fingerprint density at radius 3 is 2.59 bits per heavy atom. The molecule has 0 unspecified atom stereocenters. The summed E-state index contributed by atoms with van der Waals surface area (Å²) in [4.78, 5) is 16.6. The molecule has 0 aliphatic carbocycles. The number of hydrogen-bond acceptors (Lipinski definition) is 6. The number of rotatable bonds is 7. The second kappa shape index (κ2) is 9.24. The van der Waals surface area contributed by atoms with Crippen molar-refractivity contribution in [3.05, 3.63) is 77.5 Å². The lowest BCUT2D eigenvalue weighted by Gasteiger charge is -2.11. The number of anilines is 2. The minimum atomic E-state index is -0.231. The largest absolute Gasteiger partial charge is 0.493 e. The van der Waals surface area contributed by atoms with Gasteiger partial charge in [-0.15, -0.1) is 0 Å². The van der Waals surface area contributed by atoms with Crippen LogP contribution in [0.2, 0.25) is 0 Å². The molecule has 7 nitrogen and oxygen atoms in total. The number of methoxy groups -OCH3 is 2. The van der Waals surface area contributed by atoms with Crippen LogP contribution in [0, 0.1) is 11.3 Å². The second-order valence-corrected chi connectivity index (χ2v) is 6.12. The number of pyridine rings is 1. The van der Waals surface area contributed by atoms with Gasteiger partial charge in [0.25, 0.3) is 5.91 Å². The standard InChI is InChI=1S/C22H20N4O3/c1-28-19-8-6-16(11-20(19)29-2)13-25-22(27)17-7-9-21(24-14-17)26-18-5-3-4-15(10-18)12-23/h3-11,14H,13H2,1-2H3,(H,24,26)(H,25,27). The summed E-state index contributed by atoms with van der Waals surface area (Å²) >= 11 is 0. The molecule has 0 bridgehead atoms. The average molecular weight is 388 g/mol. The van der Waals surface area contributed by atoms with E-state index in [1.54, 1.807) is 50.6 Å². The smallest absolute Gasteiger partial charge is 0.253 e. The molecule has 0 aliphatic heterocycles. The van der Waals surface area contributed by atoms with E-state index in [2.05, 4.69) is 21.7 Å². The summed E-state index contributed by atoms with van der Waals surface area (Å²) in [6.07, 6.45) is 1.50. The van der Waals surface area contributed by atoms with E-state index in [1.165, 1.54) is 6.20 Å². The Labute approximate surface area is 168 Å². The third kappa shape index (κ3) is 5.02. The first-order chi connectivity index (χ1) is 14.1. The Bertz CT molecular complexity index is 1040. The molecule has 3 rings (SSSR count). The highest BCUT2D eigenvalue weighted by Crippen LogP contribution is 2.27. The highest BCUT2D eigenvalue weighted by molar-refractivity contribution is 5.94. The number of benzene rings is 2. The zero-order chi connectivity index (χ0) is 20.6. The highest BCUT2D eigenvalue weighted by Gasteiger charge is 2.09. The predicted molar refractivity (Wildman–Crippen MR) is 109 cm³/mol. The van der Waals surface area contributed by atoms with Gasteiger partial charge in [-0.25, -0.2) is 4.98 Å². The van der Waals surface area contributed by atoms with Gasteiger partial charge in [0.2, 0.25) is 0 Å². The van der Waals surface area contributed by atoms with Gasteiger partial charge in [-0.2, -0.15) is 5.26 Å². The molecular weight excluding hydrogens is 368 g/mol. The van der Waals surface area contributed by atoms with Crippen molar-refractivity contribution in [2.75, 3.05) is 19.5 Å². The fourth-order valence-corrected chi connectivity index (χ4v) is 2.69. The lowest BCUT2D eigenvalue weighted by Crippen LogP contribution is -2.23. The van der Waals surface area contributed by atoms with Gasteiger partial charge in [0.05, 0.1) is 31.4 Å². The minimum Gasteiger partial charge on any atom is -0.493 e. The maximum atomic E-state index is 12.4. The molecule has 0 aliphatic rings. The zero-order valence-electron chi connectivity index (χ0n) is 16.1. The van der Waals surface area contributed by atoms with Gasteiger partial charge in [-0.1, -0.05) is 12.1 Å². The van der Waals surface area contributed by atoms with Crippen molar-refractivity contribution >= 4 is 17.4 Å². The molecule has 0 spiro atoms. The van der Waals surface area contributed by atoms with Gasteiger partial charge in [0, 0.05) is 18.4 Å². The molecular formula is C22H20N4O3.